The summed E-state index contributed by atoms with van der Waals surface area (Å²) in [4.78, 5) is 14.5. The molecular weight excluding hydrogens is 400 g/mol. The molecular formula is C23H25ClN4O2. The molecule has 0 spiro atoms. The number of H-pyrrole nitrogens is 1. The average molecular weight is 425 g/mol. The predicted octanol–water partition coefficient (Wildman–Crippen LogP) is 5.46. The van der Waals surface area contributed by atoms with Crippen LogP contribution < -0.4 is 10.1 Å². The molecule has 2 N–H and O–H groups in total. The maximum Gasteiger partial charge on any atom is 0.321 e. The zero-order chi connectivity index (χ0) is 21.1. The van der Waals surface area contributed by atoms with E-state index in [2.05, 4.69) is 21.6 Å². The first kappa shape index (κ1) is 20.3. The first-order valence-electron chi connectivity index (χ1n) is 10.1. The van der Waals surface area contributed by atoms with Crippen LogP contribution in [0.15, 0.2) is 48.5 Å². The van der Waals surface area contributed by atoms with Crippen molar-refractivity contribution >= 4 is 23.3 Å². The van der Waals surface area contributed by atoms with Crippen molar-refractivity contribution in [1.29, 1.82) is 0 Å². The van der Waals surface area contributed by atoms with E-state index in [4.69, 9.17) is 16.3 Å². The van der Waals surface area contributed by atoms with E-state index in [-0.39, 0.29) is 6.03 Å². The number of nitrogens with zero attached hydrogens (tertiary/aromatic N) is 2. The lowest BCUT2D eigenvalue weighted by molar-refractivity contribution is 0.194. The molecule has 1 aromatic heterocycles. The molecule has 1 fully saturated rings. The highest BCUT2D eigenvalue weighted by molar-refractivity contribution is 6.31. The number of anilines is 1. The Bertz CT molecular complexity index is 1040. The van der Waals surface area contributed by atoms with E-state index in [1.54, 1.807) is 7.11 Å². The molecule has 0 radical (unpaired) electrons. The van der Waals surface area contributed by atoms with Gasteiger partial charge >= 0.3 is 6.03 Å². The summed E-state index contributed by atoms with van der Waals surface area (Å²) in [5.41, 5.74) is 4.67. The number of piperidine rings is 1. The Balaban J connectivity index is 1.37. The largest absolute Gasteiger partial charge is 0.497 e. The monoisotopic (exact) mass is 424 g/mol. The van der Waals surface area contributed by atoms with Gasteiger partial charge in [0, 0.05) is 41.0 Å². The first-order chi connectivity index (χ1) is 14.5. The smallest absolute Gasteiger partial charge is 0.321 e. The molecule has 2 heterocycles. The van der Waals surface area contributed by atoms with Crippen molar-refractivity contribution in [3.63, 3.8) is 0 Å². The minimum atomic E-state index is -0.0829. The number of ether oxygens (including phenoxy) is 1. The van der Waals surface area contributed by atoms with Crippen molar-refractivity contribution < 1.29 is 9.53 Å². The Hall–Kier alpha value is -2.99. The van der Waals surface area contributed by atoms with Crippen LogP contribution in [-0.2, 0) is 0 Å². The van der Waals surface area contributed by atoms with Gasteiger partial charge in [0.25, 0.3) is 0 Å². The van der Waals surface area contributed by atoms with E-state index >= 15 is 0 Å². The predicted molar refractivity (Wildman–Crippen MR) is 119 cm³/mol. The van der Waals surface area contributed by atoms with Crippen LogP contribution in [0.1, 0.15) is 30.0 Å². The van der Waals surface area contributed by atoms with Crippen LogP contribution in [0.3, 0.4) is 0 Å². The number of aromatic nitrogens is 2. The van der Waals surface area contributed by atoms with Gasteiger partial charge in [0.15, 0.2) is 0 Å². The number of carbonyl (C=O) groups excluding carboxylic acids is 1. The van der Waals surface area contributed by atoms with Crippen molar-refractivity contribution in [3.8, 4) is 17.0 Å². The fourth-order valence-electron chi connectivity index (χ4n) is 3.81. The van der Waals surface area contributed by atoms with E-state index < -0.39 is 0 Å². The second kappa shape index (κ2) is 8.79. The van der Waals surface area contributed by atoms with Gasteiger partial charge in [-0.2, -0.15) is 5.10 Å². The standard InChI is InChI=1S/C23H25ClN4O2/c1-15-19(24)7-4-8-20(15)25-23(29)28-11-9-16(10-12-28)21-14-22(27-26-21)17-5-3-6-18(13-17)30-2/h3-8,13-14,16H,9-12H2,1-2H3,(H,25,29)(H,26,27). The normalized spacial score (nSPS) is 14.6. The van der Waals surface area contributed by atoms with Gasteiger partial charge in [0.05, 0.1) is 12.8 Å². The number of carbonyl (C=O) groups is 1. The molecule has 6 nitrogen and oxygen atoms in total. The summed E-state index contributed by atoms with van der Waals surface area (Å²) < 4.78 is 5.30. The Morgan fingerprint density at radius 2 is 1.97 bits per heavy atom. The zero-order valence-electron chi connectivity index (χ0n) is 17.1. The van der Waals surface area contributed by atoms with Crippen molar-refractivity contribution in [2.24, 2.45) is 0 Å². The van der Waals surface area contributed by atoms with Crippen LogP contribution in [0.5, 0.6) is 5.75 Å². The topological polar surface area (TPSA) is 70.2 Å². The van der Waals surface area contributed by atoms with E-state index in [0.717, 1.165) is 46.8 Å². The Morgan fingerprint density at radius 3 is 2.73 bits per heavy atom. The lowest BCUT2D eigenvalue weighted by atomic mass is 9.93. The Morgan fingerprint density at radius 1 is 1.20 bits per heavy atom. The fourth-order valence-corrected chi connectivity index (χ4v) is 3.98. The second-order valence-electron chi connectivity index (χ2n) is 7.54. The molecule has 156 valence electrons. The minimum Gasteiger partial charge on any atom is -0.497 e. The Kier molecular flexibility index (Phi) is 5.95. The van der Waals surface area contributed by atoms with Gasteiger partial charge in [0.1, 0.15) is 5.75 Å². The molecule has 0 aliphatic carbocycles. The average Bonchev–Trinajstić information content (AvgIpc) is 3.27. The van der Waals surface area contributed by atoms with Gasteiger partial charge in [-0.25, -0.2) is 4.79 Å². The number of aromatic amines is 1. The van der Waals surface area contributed by atoms with Crippen LogP contribution in [0.25, 0.3) is 11.3 Å². The molecule has 3 aromatic rings. The second-order valence-corrected chi connectivity index (χ2v) is 7.95. The number of likely N-dealkylation sites (tertiary alicyclic amines) is 1. The van der Waals surface area contributed by atoms with Crippen molar-refractivity contribution in [2.75, 3.05) is 25.5 Å². The molecule has 0 atom stereocenters. The van der Waals surface area contributed by atoms with Gasteiger partial charge in [0.2, 0.25) is 0 Å². The summed E-state index contributed by atoms with van der Waals surface area (Å²) in [6.07, 6.45) is 1.78. The maximum atomic E-state index is 12.7. The molecule has 1 aliphatic rings. The SMILES string of the molecule is COc1cccc(-c2cc(C3CCN(C(=O)Nc4cccc(Cl)c4C)CC3)[nH]n2)c1. The zero-order valence-corrected chi connectivity index (χ0v) is 17.9. The van der Waals surface area contributed by atoms with Crippen molar-refractivity contribution in [2.45, 2.75) is 25.7 Å². The number of nitrogens with one attached hydrogen (secondary N) is 2. The van der Waals surface area contributed by atoms with Crippen molar-refractivity contribution in [1.82, 2.24) is 15.1 Å². The highest BCUT2D eigenvalue weighted by Crippen LogP contribution is 2.31. The summed E-state index contributed by atoms with van der Waals surface area (Å²) in [5.74, 6) is 1.17. The van der Waals surface area contributed by atoms with E-state index in [1.165, 1.54) is 0 Å². The third kappa shape index (κ3) is 4.28. The highest BCUT2D eigenvalue weighted by atomic mass is 35.5. The van der Waals surface area contributed by atoms with Gasteiger partial charge in [-0.1, -0.05) is 29.8 Å². The van der Waals surface area contributed by atoms with Crippen LogP contribution in [-0.4, -0.2) is 41.3 Å². The van der Waals surface area contributed by atoms with Gasteiger partial charge in [-0.05, 0) is 55.7 Å². The molecule has 4 rings (SSSR count). The number of benzene rings is 2. The number of halogens is 1. The number of amides is 2. The van der Waals surface area contributed by atoms with Crippen molar-refractivity contribution in [3.05, 3.63) is 64.8 Å². The fraction of sp³-hybridized carbons (Fsp3) is 0.304. The third-order valence-electron chi connectivity index (χ3n) is 5.69. The molecule has 30 heavy (non-hydrogen) atoms. The number of hydrogen-bond acceptors (Lipinski definition) is 3. The Labute approximate surface area is 181 Å². The quantitative estimate of drug-likeness (QED) is 0.584. The lowest BCUT2D eigenvalue weighted by Gasteiger charge is -2.31. The van der Waals surface area contributed by atoms with E-state index in [1.807, 2.05) is 54.3 Å². The van der Waals surface area contributed by atoms with E-state index in [0.29, 0.717) is 24.0 Å². The molecule has 0 saturated carbocycles. The lowest BCUT2D eigenvalue weighted by Crippen LogP contribution is -2.40. The molecule has 7 heteroatoms. The summed E-state index contributed by atoms with van der Waals surface area (Å²) in [5, 5.41) is 11.3. The summed E-state index contributed by atoms with van der Waals surface area (Å²) in [6, 6.07) is 15.4. The van der Waals surface area contributed by atoms with Gasteiger partial charge in [-0.15, -0.1) is 0 Å². The van der Waals surface area contributed by atoms with Gasteiger partial charge in [-0.3, -0.25) is 5.10 Å². The maximum absolute atomic E-state index is 12.7. The number of hydrogen-bond donors (Lipinski definition) is 2. The molecule has 0 bridgehead atoms. The number of methoxy groups -OCH3 is 1. The third-order valence-corrected chi connectivity index (χ3v) is 6.10. The molecule has 2 amide bonds. The summed E-state index contributed by atoms with van der Waals surface area (Å²) in [6.45, 7) is 3.30. The minimum absolute atomic E-state index is 0.0829. The molecule has 0 unspecified atom stereocenters. The number of rotatable bonds is 4. The van der Waals surface area contributed by atoms with Crippen LogP contribution >= 0.6 is 11.6 Å². The summed E-state index contributed by atoms with van der Waals surface area (Å²) >= 11 is 6.15. The van der Waals surface area contributed by atoms with Gasteiger partial charge < -0.3 is 15.0 Å². The molecule has 2 aromatic carbocycles. The summed E-state index contributed by atoms with van der Waals surface area (Å²) in [7, 11) is 1.66. The molecule has 1 aliphatic heterocycles. The highest BCUT2D eigenvalue weighted by Gasteiger charge is 2.25. The number of urea groups is 1. The van der Waals surface area contributed by atoms with Crippen LogP contribution in [0.2, 0.25) is 5.02 Å². The van der Waals surface area contributed by atoms with E-state index in [9.17, 15) is 4.79 Å². The van der Waals surface area contributed by atoms with Crippen LogP contribution in [0.4, 0.5) is 10.5 Å². The molecule has 1 saturated heterocycles. The van der Waals surface area contributed by atoms with Crippen LogP contribution in [0, 0.1) is 6.92 Å². The first-order valence-corrected chi connectivity index (χ1v) is 10.4.